The molecule has 0 saturated heterocycles. The minimum Gasteiger partial charge on any atom is -0.370 e. The summed E-state index contributed by atoms with van der Waals surface area (Å²) in [4.78, 5) is 15.6. The Hall–Kier alpha value is -3.81. The van der Waals surface area contributed by atoms with Gasteiger partial charge in [0, 0.05) is 36.1 Å². The molecule has 28 heavy (non-hydrogen) atoms. The molecule has 0 amide bonds. The zero-order chi connectivity index (χ0) is 19.5. The number of aromatic nitrogens is 5. The summed E-state index contributed by atoms with van der Waals surface area (Å²) in [6.07, 6.45) is 3.54. The predicted octanol–water partition coefficient (Wildman–Crippen LogP) is 3.26. The van der Waals surface area contributed by atoms with E-state index in [1.807, 2.05) is 25.3 Å². The Morgan fingerprint density at radius 1 is 1.11 bits per heavy atom. The topological polar surface area (TPSA) is 88.5 Å². The van der Waals surface area contributed by atoms with E-state index >= 15 is 0 Å². The maximum atomic E-state index is 13.4. The molecule has 0 atom stereocenters. The highest BCUT2D eigenvalue weighted by Crippen LogP contribution is 2.32. The first-order chi connectivity index (χ1) is 13.6. The molecule has 0 aliphatic carbocycles. The van der Waals surface area contributed by atoms with E-state index in [0.29, 0.717) is 11.5 Å². The Morgan fingerprint density at radius 2 is 1.93 bits per heavy atom. The van der Waals surface area contributed by atoms with Gasteiger partial charge in [-0.15, -0.1) is 0 Å². The Bertz CT molecular complexity index is 1150. The maximum absolute atomic E-state index is 13.4. The van der Waals surface area contributed by atoms with Crippen molar-refractivity contribution in [2.45, 2.75) is 6.92 Å². The minimum absolute atomic E-state index is 0.292. The largest absolute Gasteiger partial charge is 0.370 e. The Morgan fingerprint density at radius 3 is 2.64 bits per heavy atom. The normalized spacial score (nSPS) is 10.8. The van der Waals surface area contributed by atoms with E-state index in [2.05, 4.69) is 25.6 Å². The fourth-order valence-corrected chi connectivity index (χ4v) is 2.86. The summed E-state index contributed by atoms with van der Waals surface area (Å²) in [6.45, 7) is 2.75. The summed E-state index contributed by atoms with van der Waals surface area (Å²) in [5.74, 6) is 0.903. The average molecular weight is 376 g/mol. The van der Waals surface area contributed by atoms with Crippen LogP contribution in [0.1, 0.15) is 6.92 Å². The third-order valence-corrected chi connectivity index (χ3v) is 4.16. The van der Waals surface area contributed by atoms with Crippen molar-refractivity contribution >= 4 is 5.82 Å². The fourth-order valence-electron chi connectivity index (χ4n) is 2.86. The lowest BCUT2D eigenvalue weighted by molar-refractivity contribution is 0.628. The molecule has 2 N–H and O–H groups in total. The van der Waals surface area contributed by atoms with Crippen molar-refractivity contribution < 1.29 is 4.39 Å². The Balaban J connectivity index is 1.87. The van der Waals surface area contributed by atoms with Crippen molar-refractivity contribution in [3.05, 3.63) is 77.1 Å². The van der Waals surface area contributed by atoms with Gasteiger partial charge in [0.25, 0.3) is 5.56 Å². The van der Waals surface area contributed by atoms with Crippen LogP contribution in [-0.4, -0.2) is 31.5 Å². The minimum atomic E-state index is -0.314. The first-order valence-electron chi connectivity index (χ1n) is 8.76. The standard InChI is InChI=1S/C20H17FN6O/c1-2-22-17-11-14(9-10-23-17)16-12-27(18-7-8-19(28)25-24-18)26-20(16)13-3-5-15(21)6-4-13/h3-12H,2H2,1H3,(H,22,23)(H,25,28). The molecular weight excluding hydrogens is 359 g/mol. The number of anilines is 1. The Kier molecular flexibility index (Phi) is 4.67. The molecule has 0 fully saturated rings. The van der Waals surface area contributed by atoms with E-state index in [1.165, 1.54) is 18.2 Å². The van der Waals surface area contributed by atoms with Gasteiger partial charge >= 0.3 is 0 Å². The molecule has 8 heteroatoms. The molecule has 0 radical (unpaired) electrons. The van der Waals surface area contributed by atoms with Crippen molar-refractivity contribution in [1.29, 1.82) is 0 Å². The fraction of sp³-hybridized carbons (Fsp3) is 0.100. The molecule has 0 saturated carbocycles. The maximum Gasteiger partial charge on any atom is 0.264 e. The van der Waals surface area contributed by atoms with Gasteiger partial charge in [-0.05, 0) is 55.0 Å². The van der Waals surface area contributed by atoms with Crippen molar-refractivity contribution in [1.82, 2.24) is 25.0 Å². The quantitative estimate of drug-likeness (QED) is 0.558. The van der Waals surface area contributed by atoms with Gasteiger partial charge < -0.3 is 5.32 Å². The Labute approximate surface area is 159 Å². The van der Waals surface area contributed by atoms with E-state index in [-0.39, 0.29) is 11.4 Å². The zero-order valence-electron chi connectivity index (χ0n) is 15.1. The molecule has 3 aromatic heterocycles. The summed E-state index contributed by atoms with van der Waals surface area (Å²) in [6, 6.07) is 12.9. The van der Waals surface area contributed by atoms with Gasteiger partial charge in [0.1, 0.15) is 17.3 Å². The first kappa shape index (κ1) is 17.6. The lowest BCUT2D eigenvalue weighted by Gasteiger charge is -2.06. The van der Waals surface area contributed by atoms with Gasteiger partial charge in [0.05, 0.1) is 0 Å². The van der Waals surface area contributed by atoms with Crippen LogP contribution in [0, 0.1) is 5.82 Å². The molecule has 1 aromatic carbocycles. The van der Waals surface area contributed by atoms with Crippen molar-refractivity contribution in [2.75, 3.05) is 11.9 Å². The van der Waals surface area contributed by atoms with Gasteiger partial charge in [-0.25, -0.2) is 19.2 Å². The molecule has 140 valence electrons. The number of pyridine rings is 1. The molecule has 4 rings (SSSR count). The molecule has 7 nitrogen and oxygen atoms in total. The van der Waals surface area contributed by atoms with Crippen LogP contribution >= 0.6 is 0 Å². The van der Waals surface area contributed by atoms with Gasteiger partial charge in [0.15, 0.2) is 5.82 Å². The van der Waals surface area contributed by atoms with E-state index in [1.54, 1.807) is 29.1 Å². The molecule has 0 aliphatic rings. The molecule has 0 aliphatic heterocycles. The van der Waals surface area contributed by atoms with Crippen LogP contribution in [0.25, 0.3) is 28.2 Å². The molecular formula is C20H17FN6O. The predicted molar refractivity (Wildman–Crippen MR) is 105 cm³/mol. The highest BCUT2D eigenvalue weighted by Gasteiger charge is 2.15. The van der Waals surface area contributed by atoms with Crippen molar-refractivity contribution in [3.63, 3.8) is 0 Å². The summed E-state index contributed by atoms with van der Waals surface area (Å²) in [5.41, 5.74) is 2.88. The summed E-state index contributed by atoms with van der Waals surface area (Å²) >= 11 is 0. The number of hydrogen-bond acceptors (Lipinski definition) is 5. The number of halogens is 1. The lowest BCUT2D eigenvalue weighted by atomic mass is 10.0. The van der Waals surface area contributed by atoms with Crippen LogP contribution < -0.4 is 10.9 Å². The average Bonchev–Trinajstić information content (AvgIpc) is 3.15. The number of aromatic amines is 1. The first-order valence-corrected chi connectivity index (χ1v) is 8.76. The smallest absolute Gasteiger partial charge is 0.264 e. The van der Waals surface area contributed by atoms with Crippen LogP contribution in [0.3, 0.4) is 0 Å². The number of nitrogens with zero attached hydrogens (tertiary/aromatic N) is 4. The third kappa shape index (κ3) is 3.52. The van der Waals surface area contributed by atoms with Crippen LogP contribution in [-0.2, 0) is 0 Å². The van der Waals surface area contributed by atoms with E-state index in [9.17, 15) is 9.18 Å². The summed E-state index contributed by atoms with van der Waals surface area (Å²) in [5, 5.41) is 14.3. The lowest BCUT2D eigenvalue weighted by Crippen LogP contribution is -2.09. The zero-order valence-corrected chi connectivity index (χ0v) is 15.1. The van der Waals surface area contributed by atoms with Gasteiger partial charge in [-0.2, -0.15) is 10.2 Å². The number of rotatable bonds is 5. The van der Waals surface area contributed by atoms with E-state index in [0.717, 1.165) is 29.1 Å². The number of nitrogens with one attached hydrogen (secondary N) is 2. The molecule has 0 spiro atoms. The van der Waals surface area contributed by atoms with E-state index in [4.69, 9.17) is 0 Å². The second-order valence-electron chi connectivity index (χ2n) is 6.08. The van der Waals surface area contributed by atoms with Gasteiger partial charge in [-0.3, -0.25) is 4.79 Å². The second-order valence-corrected chi connectivity index (χ2v) is 6.08. The summed E-state index contributed by atoms with van der Waals surface area (Å²) in [7, 11) is 0. The van der Waals surface area contributed by atoms with Crippen LogP contribution in [0.4, 0.5) is 10.2 Å². The number of benzene rings is 1. The molecule has 4 aromatic rings. The monoisotopic (exact) mass is 376 g/mol. The SMILES string of the molecule is CCNc1cc(-c2cn(-c3ccc(=O)[nH]n3)nc2-c2ccc(F)cc2)ccn1. The highest BCUT2D eigenvalue weighted by molar-refractivity contribution is 5.81. The van der Waals surface area contributed by atoms with Crippen molar-refractivity contribution in [3.8, 4) is 28.2 Å². The van der Waals surface area contributed by atoms with Gasteiger partial charge in [0.2, 0.25) is 0 Å². The number of hydrogen-bond donors (Lipinski definition) is 2. The third-order valence-electron chi connectivity index (χ3n) is 4.16. The van der Waals surface area contributed by atoms with Crippen LogP contribution in [0.2, 0.25) is 0 Å². The van der Waals surface area contributed by atoms with E-state index < -0.39 is 0 Å². The summed E-state index contributed by atoms with van der Waals surface area (Å²) < 4.78 is 15.0. The number of H-pyrrole nitrogens is 1. The second kappa shape index (κ2) is 7.43. The molecule has 0 bridgehead atoms. The van der Waals surface area contributed by atoms with Crippen LogP contribution in [0.15, 0.2) is 65.7 Å². The molecule has 3 heterocycles. The van der Waals surface area contributed by atoms with Gasteiger partial charge in [-0.1, -0.05) is 0 Å². The van der Waals surface area contributed by atoms with Crippen LogP contribution in [0.5, 0.6) is 0 Å². The van der Waals surface area contributed by atoms with Crippen molar-refractivity contribution in [2.24, 2.45) is 0 Å². The highest BCUT2D eigenvalue weighted by atomic mass is 19.1. The molecule has 0 unspecified atom stereocenters.